The predicted octanol–water partition coefficient (Wildman–Crippen LogP) is 3.30. The Hall–Kier alpha value is -1.81. The maximum absolute atomic E-state index is 7.80. The van der Waals surface area contributed by atoms with Crippen LogP contribution < -0.4 is 10.6 Å². The van der Waals surface area contributed by atoms with Crippen molar-refractivity contribution in [3.63, 3.8) is 0 Å². The summed E-state index contributed by atoms with van der Waals surface area (Å²) in [7, 11) is 0. The Morgan fingerprint density at radius 3 is 2.60 bits per heavy atom. The van der Waals surface area contributed by atoms with E-state index < -0.39 is 0 Å². The normalized spacial score (nSPS) is 13.9. The molecule has 0 fully saturated rings. The number of anilines is 1. The van der Waals surface area contributed by atoms with E-state index >= 15 is 0 Å². The van der Waals surface area contributed by atoms with Gasteiger partial charge < -0.3 is 10.6 Å². The number of nitrogen functional groups attached to an aromatic ring is 1. The van der Waals surface area contributed by atoms with Crippen LogP contribution in [0.3, 0.4) is 0 Å². The Bertz CT molecular complexity index is 667. The molecule has 3 nitrogen and oxygen atoms in total. The first-order chi connectivity index (χ1) is 9.66. The van der Waals surface area contributed by atoms with Crippen molar-refractivity contribution in [1.29, 1.82) is 5.41 Å². The molecule has 2 aromatic carbocycles. The summed E-state index contributed by atoms with van der Waals surface area (Å²) >= 11 is 3.50. The molecule has 0 unspecified atom stereocenters. The number of nitrogens with one attached hydrogen (secondary N) is 1. The zero-order valence-electron chi connectivity index (χ0n) is 11.1. The molecule has 0 atom stereocenters. The quantitative estimate of drug-likeness (QED) is 0.656. The predicted molar refractivity (Wildman–Crippen MR) is 86.4 cm³/mol. The van der Waals surface area contributed by atoms with Gasteiger partial charge in [-0.1, -0.05) is 30.3 Å². The average molecular weight is 330 g/mol. The van der Waals surface area contributed by atoms with Gasteiger partial charge in [-0.2, -0.15) is 0 Å². The van der Waals surface area contributed by atoms with E-state index in [1.54, 1.807) is 0 Å². The molecule has 0 saturated heterocycles. The highest BCUT2D eigenvalue weighted by molar-refractivity contribution is 9.10. The third kappa shape index (κ3) is 2.31. The molecule has 0 aliphatic carbocycles. The van der Waals surface area contributed by atoms with E-state index in [-0.39, 0.29) is 5.84 Å². The third-order valence-corrected chi connectivity index (χ3v) is 4.39. The van der Waals surface area contributed by atoms with Crippen molar-refractivity contribution >= 4 is 27.5 Å². The largest absolute Gasteiger partial charge is 0.384 e. The smallest absolute Gasteiger partial charge is 0.126 e. The lowest BCUT2D eigenvalue weighted by Gasteiger charge is -2.32. The molecule has 0 amide bonds. The summed E-state index contributed by atoms with van der Waals surface area (Å²) in [5.74, 6) is 0.103. The van der Waals surface area contributed by atoms with E-state index in [1.165, 1.54) is 11.1 Å². The number of benzene rings is 2. The average Bonchev–Trinajstić information content (AvgIpc) is 2.46. The van der Waals surface area contributed by atoms with Crippen LogP contribution in [0.4, 0.5) is 5.69 Å². The van der Waals surface area contributed by atoms with Gasteiger partial charge in [0.05, 0.1) is 5.56 Å². The lowest BCUT2D eigenvalue weighted by atomic mass is 9.98. The van der Waals surface area contributed by atoms with E-state index in [2.05, 4.69) is 45.1 Å². The first-order valence-electron chi connectivity index (χ1n) is 6.61. The SMILES string of the molecule is N=C(N)c1c(Br)cccc1N1CCc2ccccc2C1. The number of hydrogen-bond donors (Lipinski definition) is 2. The molecule has 4 heteroatoms. The van der Waals surface area contributed by atoms with E-state index in [1.807, 2.05) is 18.2 Å². The molecular weight excluding hydrogens is 314 g/mol. The van der Waals surface area contributed by atoms with Gasteiger partial charge in [-0.25, -0.2) is 0 Å². The van der Waals surface area contributed by atoms with Crippen LogP contribution in [0.1, 0.15) is 16.7 Å². The summed E-state index contributed by atoms with van der Waals surface area (Å²) in [4.78, 5) is 2.30. The Kier molecular flexibility index (Phi) is 3.49. The van der Waals surface area contributed by atoms with Gasteiger partial charge in [0.15, 0.2) is 0 Å². The molecule has 0 aromatic heterocycles. The monoisotopic (exact) mass is 329 g/mol. The second-order valence-corrected chi connectivity index (χ2v) is 5.84. The lowest BCUT2D eigenvalue weighted by Crippen LogP contribution is -2.32. The van der Waals surface area contributed by atoms with E-state index in [4.69, 9.17) is 11.1 Å². The summed E-state index contributed by atoms with van der Waals surface area (Å²) in [5, 5.41) is 7.80. The Morgan fingerprint density at radius 2 is 1.85 bits per heavy atom. The fourth-order valence-electron chi connectivity index (χ4n) is 2.74. The second-order valence-electron chi connectivity index (χ2n) is 4.99. The van der Waals surface area contributed by atoms with Gasteiger partial charge in [0.25, 0.3) is 0 Å². The summed E-state index contributed by atoms with van der Waals surface area (Å²) < 4.78 is 0.876. The van der Waals surface area contributed by atoms with Gasteiger partial charge in [0.1, 0.15) is 5.84 Å². The molecule has 2 aromatic rings. The van der Waals surface area contributed by atoms with Gasteiger partial charge in [-0.15, -0.1) is 0 Å². The van der Waals surface area contributed by atoms with Crippen LogP contribution in [0.15, 0.2) is 46.9 Å². The van der Waals surface area contributed by atoms with E-state index in [0.29, 0.717) is 0 Å². The third-order valence-electron chi connectivity index (χ3n) is 3.73. The van der Waals surface area contributed by atoms with Crippen LogP contribution in [-0.2, 0) is 13.0 Å². The summed E-state index contributed by atoms with van der Waals surface area (Å²) in [6, 6.07) is 14.5. The molecular formula is C16H16BrN3. The zero-order valence-corrected chi connectivity index (χ0v) is 12.7. The fourth-order valence-corrected chi connectivity index (χ4v) is 3.31. The molecule has 1 aliphatic rings. The highest BCUT2D eigenvalue weighted by atomic mass is 79.9. The van der Waals surface area contributed by atoms with Gasteiger partial charge in [-0.3, -0.25) is 5.41 Å². The van der Waals surface area contributed by atoms with Gasteiger partial charge in [0, 0.05) is 23.2 Å². The molecule has 1 heterocycles. The highest BCUT2D eigenvalue weighted by Gasteiger charge is 2.20. The van der Waals surface area contributed by atoms with Crippen LogP contribution in [0.2, 0.25) is 0 Å². The number of fused-ring (bicyclic) bond motifs is 1. The summed E-state index contributed by atoms with van der Waals surface area (Å²) in [5.41, 5.74) is 10.3. The van der Waals surface area contributed by atoms with Crippen molar-refractivity contribution in [3.8, 4) is 0 Å². The first kappa shape index (κ1) is 13.2. The van der Waals surface area contributed by atoms with Crippen LogP contribution in [0.5, 0.6) is 0 Å². The fraction of sp³-hybridized carbons (Fsp3) is 0.188. The minimum atomic E-state index is 0.103. The number of nitrogens with two attached hydrogens (primary N) is 1. The molecule has 1 aliphatic heterocycles. The standard InChI is InChI=1S/C16H16BrN3/c17-13-6-3-7-14(15(13)16(18)19)20-9-8-11-4-1-2-5-12(11)10-20/h1-7H,8-10H2,(H3,18,19). The molecule has 3 N–H and O–H groups in total. The lowest BCUT2D eigenvalue weighted by molar-refractivity contribution is 0.731. The number of hydrogen-bond acceptors (Lipinski definition) is 2. The van der Waals surface area contributed by atoms with Crippen LogP contribution >= 0.6 is 15.9 Å². The van der Waals surface area contributed by atoms with Crippen molar-refractivity contribution in [2.45, 2.75) is 13.0 Å². The van der Waals surface area contributed by atoms with Gasteiger partial charge in [0.2, 0.25) is 0 Å². The molecule has 0 bridgehead atoms. The molecule has 3 rings (SSSR count). The molecule has 0 spiro atoms. The Labute approximate surface area is 127 Å². The maximum atomic E-state index is 7.80. The molecule has 102 valence electrons. The van der Waals surface area contributed by atoms with Gasteiger partial charge in [-0.05, 0) is 45.6 Å². The second kappa shape index (κ2) is 5.29. The van der Waals surface area contributed by atoms with Crippen LogP contribution in [0, 0.1) is 5.41 Å². The van der Waals surface area contributed by atoms with E-state index in [0.717, 1.165) is 35.2 Å². The minimum absolute atomic E-state index is 0.103. The van der Waals surface area contributed by atoms with Crippen molar-refractivity contribution in [2.75, 3.05) is 11.4 Å². The number of halogens is 1. The van der Waals surface area contributed by atoms with Crippen molar-refractivity contribution in [3.05, 3.63) is 63.6 Å². The topological polar surface area (TPSA) is 53.1 Å². The summed E-state index contributed by atoms with van der Waals surface area (Å²) in [6.45, 7) is 1.82. The molecule has 0 radical (unpaired) electrons. The van der Waals surface area contributed by atoms with E-state index in [9.17, 15) is 0 Å². The van der Waals surface area contributed by atoms with Gasteiger partial charge >= 0.3 is 0 Å². The number of amidine groups is 1. The Balaban J connectivity index is 2.00. The van der Waals surface area contributed by atoms with Crippen LogP contribution in [-0.4, -0.2) is 12.4 Å². The molecule has 20 heavy (non-hydrogen) atoms. The van der Waals surface area contributed by atoms with Crippen molar-refractivity contribution in [2.24, 2.45) is 5.73 Å². The summed E-state index contributed by atoms with van der Waals surface area (Å²) in [6.07, 6.45) is 1.03. The number of nitrogens with zero attached hydrogens (tertiary/aromatic N) is 1. The minimum Gasteiger partial charge on any atom is -0.384 e. The zero-order chi connectivity index (χ0) is 14.1. The number of rotatable bonds is 2. The highest BCUT2D eigenvalue weighted by Crippen LogP contribution is 2.31. The maximum Gasteiger partial charge on any atom is 0.126 e. The van der Waals surface area contributed by atoms with Crippen molar-refractivity contribution in [1.82, 2.24) is 0 Å². The Morgan fingerprint density at radius 1 is 1.10 bits per heavy atom. The van der Waals surface area contributed by atoms with Crippen LogP contribution in [0.25, 0.3) is 0 Å². The first-order valence-corrected chi connectivity index (χ1v) is 7.41. The van der Waals surface area contributed by atoms with Crippen molar-refractivity contribution < 1.29 is 0 Å². The molecule has 0 saturated carbocycles.